The summed E-state index contributed by atoms with van der Waals surface area (Å²) in [5, 5.41) is 12.5. The molecule has 1 aliphatic carbocycles. The molecule has 1 saturated carbocycles. The van der Waals surface area contributed by atoms with Gasteiger partial charge in [-0.1, -0.05) is 12.8 Å². The Morgan fingerprint density at radius 1 is 1.28 bits per heavy atom. The Hall–Kier alpha value is -1.63. The van der Waals surface area contributed by atoms with Crippen molar-refractivity contribution in [2.24, 2.45) is 11.3 Å². The third-order valence-corrected chi connectivity index (χ3v) is 5.40. The molecule has 1 saturated heterocycles. The second-order valence-corrected chi connectivity index (χ2v) is 7.53. The number of piperidine rings is 1. The molecule has 7 heteroatoms. The SMILES string of the molecule is COCC1(C(=O)O)CCCN(C(=O)CC(C)NC(=O)C2CCCC2)C1. The molecule has 7 nitrogen and oxygen atoms in total. The molecule has 0 aromatic rings. The van der Waals surface area contributed by atoms with Gasteiger partial charge >= 0.3 is 5.97 Å². The summed E-state index contributed by atoms with van der Waals surface area (Å²) in [7, 11) is 1.48. The molecule has 2 atom stereocenters. The van der Waals surface area contributed by atoms with Gasteiger partial charge in [-0.05, 0) is 32.6 Å². The summed E-state index contributed by atoms with van der Waals surface area (Å²) in [6.07, 6.45) is 5.39. The first kappa shape index (κ1) is 19.7. The van der Waals surface area contributed by atoms with Crippen LogP contribution in [0.2, 0.25) is 0 Å². The molecule has 0 radical (unpaired) electrons. The Labute approximate surface area is 149 Å². The van der Waals surface area contributed by atoms with Crippen LogP contribution in [0, 0.1) is 11.3 Å². The molecule has 2 amide bonds. The van der Waals surface area contributed by atoms with Crippen LogP contribution in [0.25, 0.3) is 0 Å². The van der Waals surface area contributed by atoms with Crippen LogP contribution in [0.3, 0.4) is 0 Å². The summed E-state index contributed by atoms with van der Waals surface area (Å²) in [5.41, 5.74) is -1.03. The smallest absolute Gasteiger partial charge is 0.313 e. The van der Waals surface area contributed by atoms with Gasteiger partial charge < -0.3 is 20.1 Å². The number of ether oxygens (including phenoxy) is 1. The van der Waals surface area contributed by atoms with Crippen LogP contribution in [0.15, 0.2) is 0 Å². The van der Waals surface area contributed by atoms with Gasteiger partial charge in [0.05, 0.1) is 6.61 Å². The molecule has 1 aliphatic heterocycles. The third-order valence-electron chi connectivity index (χ3n) is 5.40. The van der Waals surface area contributed by atoms with Crippen molar-refractivity contribution in [3.05, 3.63) is 0 Å². The van der Waals surface area contributed by atoms with E-state index < -0.39 is 11.4 Å². The van der Waals surface area contributed by atoms with Gasteiger partial charge in [-0.2, -0.15) is 0 Å². The van der Waals surface area contributed by atoms with E-state index >= 15 is 0 Å². The molecule has 2 unspecified atom stereocenters. The van der Waals surface area contributed by atoms with Crippen molar-refractivity contribution in [2.75, 3.05) is 26.8 Å². The summed E-state index contributed by atoms with van der Waals surface area (Å²) in [4.78, 5) is 38.0. The summed E-state index contributed by atoms with van der Waals surface area (Å²) < 4.78 is 5.09. The quantitative estimate of drug-likeness (QED) is 0.721. The zero-order valence-electron chi connectivity index (χ0n) is 15.3. The standard InChI is InChI=1S/C18H30N2O5/c1-13(19-16(22)14-6-3-4-7-14)10-15(21)20-9-5-8-18(11-20,12-25-2)17(23)24/h13-14H,3-12H2,1-2H3,(H,19,22)(H,23,24). The van der Waals surface area contributed by atoms with Crippen molar-refractivity contribution in [3.8, 4) is 0 Å². The molecular formula is C18H30N2O5. The number of carbonyl (C=O) groups excluding carboxylic acids is 2. The first-order valence-electron chi connectivity index (χ1n) is 9.18. The number of aliphatic carboxylic acids is 1. The number of rotatable bonds is 7. The van der Waals surface area contributed by atoms with Crippen LogP contribution in [0.4, 0.5) is 0 Å². The molecular weight excluding hydrogens is 324 g/mol. The van der Waals surface area contributed by atoms with E-state index in [1.165, 1.54) is 7.11 Å². The van der Waals surface area contributed by atoms with E-state index in [-0.39, 0.29) is 43.3 Å². The molecule has 25 heavy (non-hydrogen) atoms. The molecule has 0 aromatic heterocycles. The van der Waals surface area contributed by atoms with Gasteiger partial charge in [0.1, 0.15) is 5.41 Å². The zero-order chi connectivity index (χ0) is 18.4. The minimum Gasteiger partial charge on any atom is -0.481 e. The lowest BCUT2D eigenvalue weighted by Gasteiger charge is -2.39. The molecule has 0 spiro atoms. The van der Waals surface area contributed by atoms with E-state index in [0.717, 1.165) is 25.7 Å². The number of carboxylic acids is 1. The van der Waals surface area contributed by atoms with Crippen molar-refractivity contribution >= 4 is 17.8 Å². The van der Waals surface area contributed by atoms with E-state index in [9.17, 15) is 19.5 Å². The van der Waals surface area contributed by atoms with Crippen molar-refractivity contribution in [1.29, 1.82) is 0 Å². The van der Waals surface area contributed by atoms with Crippen LogP contribution in [-0.4, -0.2) is 60.6 Å². The zero-order valence-corrected chi connectivity index (χ0v) is 15.3. The van der Waals surface area contributed by atoms with Crippen LogP contribution >= 0.6 is 0 Å². The highest BCUT2D eigenvalue weighted by atomic mass is 16.5. The fraction of sp³-hybridized carbons (Fsp3) is 0.833. The monoisotopic (exact) mass is 354 g/mol. The molecule has 0 bridgehead atoms. The molecule has 2 N–H and O–H groups in total. The normalized spacial score (nSPS) is 25.6. The Morgan fingerprint density at radius 2 is 1.96 bits per heavy atom. The summed E-state index contributed by atoms with van der Waals surface area (Å²) in [6, 6.07) is -0.246. The minimum absolute atomic E-state index is 0.0377. The Kier molecular flexibility index (Phi) is 6.81. The average molecular weight is 354 g/mol. The van der Waals surface area contributed by atoms with Crippen molar-refractivity contribution in [1.82, 2.24) is 10.2 Å². The van der Waals surface area contributed by atoms with E-state index in [1.807, 2.05) is 6.92 Å². The number of nitrogens with zero attached hydrogens (tertiary/aromatic N) is 1. The fourth-order valence-corrected chi connectivity index (χ4v) is 3.97. The molecule has 2 fully saturated rings. The number of amides is 2. The van der Waals surface area contributed by atoms with Gasteiger partial charge in [-0.25, -0.2) is 0 Å². The highest BCUT2D eigenvalue weighted by molar-refractivity contribution is 5.82. The molecule has 142 valence electrons. The summed E-state index contributed by atoms with van der Waals surface area (Å²) in [5.74, 6) is -0.917. The number of carboxylic acid groups (broad SMARTS) is 1. The predicted octanol–water partition coefficient (Wildman–Crippen LogP) is 1.41. The van der Waals surface area contributed by atoms with E-state index in [0.29, 0.717) is 19.4 Å². The van der Waals surface area contributed by atoms with E-state index in [2.05, 4.69) is 5.32 Å². The molecule has 1 heterocycles. The van der Waals surface area contributed by atoms with Gasteiger partial charge in [-0.3, -0.25) is 14.4 Å². The van der Waals surface area contributed by atoms with Crippen LogP contribution in [0.5, 0.6) is 0 Å². The topological polar surface area (TPSA) is 95.9 Å². The van der Waals surface area contributed by atoms with Crippen molar-refractivity contribution < 1.29 is 24.2 Å². The first-order valence-corrected chi connectivity index (χ1v) is 9.18. The van der Waals surface area contributed by atoms with Crippen LogP contribution in [0.1, 0.15) is 51.9 Å². The van der Waals surface area contributed by atoms with Crippen LogP contribution < -0.4 is 5.32 Å². The van der Waals surface area contributed by atoms with Crippen molar-refractivity contribution in [3.63, 3.8) is 0 Å². The minimum atomic E-state index is -1.03. The molecule has 2 rings (SSSR count). The second kappa shape index (κ2) is 8.65. The number of nitrogens with one attached hydrogen (secondary N) is 1. The van der Waals surface area contributed by atoms with Gasteiger partial charge in [0.15, 0.2) is 0 Å². The lowest BCUT2D eigenvalue weighted by Crippen LogP contribution is -2.53. The second-order valence-electron chi connectivity index (χ2n) is 7.53. The highest BCUT2D eigenvalue weighted by Gasteiger charge is 2.43. The Morgan fingerprint density at radius 3 is 2.56 bits per heavy atom. The van der Waals surface area contributed by atoms with Gasteiger partial charge in [0, 0.05) is 38.6 Å². The Bertz CT molecular complexity index is 500. The summed E-state index contributed by atoms with van der Waals surface area (Å²) >= 11 is 0. The van der Waals surface area contributed by atoms with Crippen LogP contribution in [-0.2, 0) is 19.1 Å². The van der Waals surface area contributed by atoms with Crippen molar-refractivity contribution in [2.45, 2.75) is 57.9 Å². The van der Waals surface area contributed by atoms with E-state index in [4.69, 9.17) is 4.74 Å². The maximum Gasteiger partial charge on any atom is 0.313 e. The lowest BCUT2D eigenvalue weighted by atomic mass is 9.80. The van der Waals surface area contributed by atoms with Gasteiger partial charge in [0.2, 0.25) is 11.8 Å². The Balaban J connectivity index is 1.88. The number of likely N-dealkylation sites (tertiary alicyclic amines) is 1. The van der Waals surface area contributed by atoms with Gasteiger partial charge in [0.25, 0.3) is 0 Å². The number of carbonyl (C=O) groups is 3. The highest BCUT2D eigenvalue weighted by Crippen LogP contribution is 2.31. The number of hydrogen-bond acceptors (Lipinski definition) is 4. The first-order chi connectivity index (χ1) is 11.9. The maximum absolute atomic E-state index is 12.6. The number of methoxy groups -OCH3 is 1. The maximum atomic E-state index is 12.6. The number of hydrogen-bond donors (Lipinski definition) is 2. The third kappa shape index (κ3) is 4.93. The predicted molar refractivity (Wildman–Crippen MR) is 91.9 cm³/mol. The lowest BCUT2D eigenvalue weighted by molar-refractivity contribution is -0.159. The van der Waals surface area contributed by atoms with Gasteiger partial charge in [-0.15, -0.1) is 0 Å². The van der Waals surface area contributed by atoms with E-state index in [1.54, 1.807) is 4.90 Å². The molecule has 0 aromatic carbocycles. The average Bonchev–Trinajstić information content (AvgIpc) is 3.09. The largest absolute Gasteiger partial charge is 0.481 e. The fourth-order valence-electron chi connectivity index (χ4n) is 3.97. The summed E-state index contributed by atoms with van der Waals surface area (Å²) in [6.45, 7) is 2.65. The molecule has 2 aliphatic rings.